The predicted molar refractivity (Wildman–Crippen MR) is 91.0 cm³/mol. The fraction of sp³-hybridized carbons (Fsp3) is 0.333. The van der Waals surface area contributed by atoms with E-state index >= 15 is 0 Å². The summed E-state index contributed by atoms with van der Waals surface area (Å²) in [4.78, 5) is 5.12. The fourth-order valence-corrected chi connectivity index (χ4v) is 3.95. The number of nitrogens with zero attached hydrogens (tertiary/aromatic N) is 1. The summed E-state index contributed by atoms with van der Waals surface area (Å²) in [5, 5.41) is 0. The highest BCUT2D eigenvalue weighted by Gasteiger charge is 2.17. The first-order chi connectivity index (χ1) is 10.4. The lowest BCUT2D eigenvalue weighted by Crippen LogP contribution is -2.30. The molecule has 1 heterocycles. The third-order valence-corrected chi connectivity index (χ3v) is 5.14. The normalized spacial score (nSPS) is 15.2. The second-order valence-electron chi connectivity index (χ2n) is 5.43. The smallest absolute Gasteiger partial charge is 0.0511 e. The Morgan fingerprint density at radius 2 is 1.67 bits per heavy atom. The van der Waals surface area contributed by atoms with Crippen LogP contribution >= 0.6 is 11.8 Å². The van der Waals surface area contributed by atoms with Gasteiger partial charge in [0.05, 0.1) is 5.69 Å². The summed E-state index contributed by atoms with van der Waals surface area (Å²) in [6.07, 6.45) is 3.94. The van der Waals surface area contributed by atoms with E-state index in [4.69, 9.17) is 5.73 Å². The zero-order chi connectivity index (χ0) is 14.5. The molecule has 3 heteroatoms. The SMILES string of the molecule is NCc1cccc(N2CCCCC2)c1Sc1ccccc1. The second kappa shape index (κ2) is 7.01. The van der Waals surface area contributed by atoms with E-state index < -0.39 is 0 Å². The highest BCUT2D eigenvalue weighted by molar-refractivity contribution is 7.99. The van der Waals surface area contributed by atoms with Crippen molar-refractivity contribution < 1.29 is 0 Å². The minimum atomic E-state index is 0.594. The molecule has 0 spiro atoms. The third-order valence-electron chi connectivity index (χ3n) is 3.96. The Bertz CT molecular complexity index is 577. The van der Waals surface area contributed by atoms with Crippen LogP contribution in [-0.2, 0) is 6.54 Å². The molecule has 2 N–H and O–H groups in total. The van der Waals surface area contributed by atoms with Crippen LogP contribution in [0.2, 0.25) is 0 Å². The zero-order valence-corrected chi connectivity index (χ0v) is 13.1. The molecule has 21 heavy (non-hydrogen) atoms. The zero-order valence-electron chi connectivity index (χ0n) is 12.3. The molecule has 1 aliphatic rings. The lowest BCUT2D eigenvalue weighted by molar-refractivity contribution is 0.575. The second-order valence-corrected chi connectivity index (χ2v) is 6.52. The van der Waals surface area contributed by atoms with Gasteiger partial charge in [-0.15, -0.1) is 0 Å². The van der Waals surface area contributed by atoms with Gasteiger partial charge in [0, 0.05) is 29.4 Å². The molecular weight excluding hydrogens is 276 g/mol. The summed E-state index contributed by atoms with van der Waals surface area (Å²) in [6.45, 7) is 2.92. The topological polar surface area (TPSA) is 29.3 Å². The van der Waals surface area contributed by atoms with E-state index in [-0.39, 0.29) is 0 Å². The molecule has 2 nitrogen and oxygen atoms in total. The van der Waals surface area contributed by atoms with E-state index in [0.717, 1.165) is 13.1 Å². The van der Waals surface area contributed by atoms with Gasteiger partial charge in [0.25, 0.3) is 0 Å². The third kappa shape index (κ3) is 3.42. The van der Waals surface area contributed by atoms with Crippen LogP contribution < -0.4 is 10.6 Å². The number of rotatable bonds is 4. The van der Waals surface area contributed by atoms with E-state index in [1.54, 1.807) is 0 Å². The molecule has 0 aromatic heterocycles. The summed E-state index contributed by atoms with van der Waals surface area (Å²) in [5.41, 5.74) is 8.57. The van der Waals surface area contributed by atoms with Crippen LogP contribution in [0.15, 0.2) is 58.3 Å². The minimum Gasteiger partial charge on any atom is -0.371 e. The number of hydrogen-bond donors (Lipinski definition) is 1. The van der Waals surface area contributed by atoms with Gasteiger partial charge in [0.2, 0.25) is 0 Å². The van der Waals surface area contributed by atoms with Gasteiger partial charge >= 0.3 is 0 Å². The standard InChI is InChI=1S/C18H22N2S/c19-14-15-8-7-11-17(20-12-5-2-6-13-20)18(15)21-16-9-3-1-4-10-16/h1,3-4,7-11H,2,5-6,12-14,19H2. The Labute approximate surface area is 131 Å². The van der Waals surface area contributed by atoms with Crippen molar-refractivity contribution in [2.24, 2.45) is 5.73 Å². The van der Waals surface area contributed by atoms with Crippen molar-refractivity contribution in [2.75, 3.05) is 18.0 Å². The van der Waals surface area contributed by atoms with Gasteiger partial charge in [-0.2, -0.15) is 0 Å². The summed E-state index contributed by atoms with van der Waals surface area (Å²) in [5.74, 6) is 0. The first-order valence-electron chi connectivity index (χ1n) is 7.68. The van der Waals surface area contributed by atoms with Crippen LogP contribution in [-0.4, -0.2) is 13.1 Å². The molecule has 2 aromatic rings. The Kier molecular flexibility index (Phi) is 4.84. The van der Waals surface area contributed by atoms with Crippen molar-refractivity contribution in [3.63, 3.8) is 0 Å². The van der Waals surface area contributed by atoms with Crippen molar-refractivity contribution in [3.05, 3.63) is 54.1 Å². The number of hydrogen-bond acceptors (Lipinski definition) is 3. The first-order valence-corrected chi connectivity index (χ1v) is 8.50. The summed E-state index contributed by atoms with van der Waals surface area (Å²) in [7, 11) is 0. The summed E-state index contributed by atoms with van der Waals surface area (Å²) in [6, 6.07) is 17.1. The van der Waals surface area contributed by atoms with Crippen LogP contribution in [0, 0.1) is 0 Å². The molecule has 0 bridgehead atoms. The summed E-state index contributed by atoms with van der Waals surface area (Å²) < 4.78 is 0. The average Bonchev–Trinajstić information content (AvgIpc) is 2.57. The van der Waals surface area contributed by atoms with Gasteiger partial charge in [-0.1, -0.05) is 42.1 Å². The molecule has 0 aliphatic carbocycles. The van der Waals surface area contributed by atoms with Gasteiger partial charge in [-0.05, 0) is 43.0 Å². The van der Waals surface area contributed by atoms with E-state index in [2.05, 4.69) is 53.4 Å². The number of benzene rings is 2. The Morgan fingerprint density at radius 1 is 0.905 bits per heavy atom. The molecular formula is C18H22N2S. The molecule has 110 valence electrons. The largest absolute Gasteiger partial charge is 0.371 e. The van der Waals surface area contributed by atoms with Crippen molar-refractivity contribution in [3.8, 4) is 0 Å². The van der Waals surface area contributed by atoms with Crippen LogP contribution in [0.1, 0.15) is 24.8 Å². The van der Waals surface area contributed by atoms with Crippen LogP contribution in [0.5, 0.6) is 0 Å². The Balaban J connectivity index is 1.95. The van der Waals surface area contributed by atoms with Crippen LogP contribution in [0.25, 0.3) is 0 Å². The molecule has 0 radical (unpaired) electrons. The molecule has 0 saturated carbocycles. The van der Waals surface area contributed by atoms with E-state index in [1.165, 1.54) is 40.3 Å². The van der Waals surface area contributed by atoms with Gasteiger partial charge in [0.15, 0.2) is 0 Å². The monoisotopic (exact) mass is 298 g/mol. The number of piperidine rings is 1. The number of anilines is 1. The van der Waals surface area contributed by atoms with Crippen molar-refractivity contribution in [1.82, 2.24) is 0 Å². The average molecular weight is 298 g/mol. The lowest BCUT2D eigenvalue weighted by Gasteiger charge is -2.31. The fourth-order valence-electron chi connectivity index (χ4n) is 2.84. The highest BCUT2D eigenvalue weighted by Crippen LogP contribution is 2.38. The molecule has 1 aliphatic heterocycles. The highest BCUT2D eigenvalue weighted by atomic mass is 32.2. The molecule has 0 atom stereocenters. The van der Waals surface area contributed by atoms with Gasteiger partial charge < -0.3 is 10.6 Å². The Morgan fingerprint density at radius 3 is 2.38 bits per heavy atom. The van der Waals surface area contributed by atoms with Crippen LogP contribution in [0.4, 0.5) is 5.69 Å². The maximum atomic E-state index is 5.97. The van der Waals surface area contributed by atoms with Crippen LogP contribution in [0.3, 0.4) is 0 Å². The van der Waals surface area contributed by atoms with E-state index in [1.807, 2.05) is 11.8 Å². The van der Waals surface area contributed by atoms with Crippen molar-refractivity contribution >= 4 is 17.4 Å². The van der Waals surface area contributed by atoms with Gasteiger partial charge in [0.1, 0.15) is 0 Å². The molecule has 0 unspecified atom stereocenters. The van der Waals surface area contributed by atoms with E-state index in [9.17, 15) is 0 Å². The lowest BCUT2D eigenvalue weighted by atomic mass is 10.1. The summed E-state index contributed by atoms with van der Waals surface area (Å²) >= 11 is 1.84. The quantitative estimate of drug-likeness (QED) is 0.913. The molecule has 1 saturated heterocycles. The van der Waals surface area contributed by atoms with E-state index in [0.29, 0.717) is 6.54 Å². The van der Waals surface area contributed by atoms with Gasteiger partial charge in [-0.25, -0.2) is 0 Å². The Hall–Kier alpha value is -1.45. The van der Waals surface area contributed by atoms with Crippen molar-refractivity contribution in [1.29, 1.82) is 0 Å². The van der Waals surface area contributed by atoms with Gasteiger partial charge in [-0.3, -0.25) is 0 Å². The maximum Gasteiger partial charge on any atom is 0.0511 e. The molecule has 2 aromatic carbocycles. The predicted octanol–water partition coefficient (Wildman–Crippen LogP) is 4.29. The molecule has 1 fully saturated rings. The molecule has 0 amide bonds. The first kappa shape index (κ1) is 14.5. The minimum absolute atomic E-state index is 0.594. The molecule has 3 rings (SSSR count). The van der Waals surface area contributed by atoms with Crippen molar-refractivity contribution in [2.45, 2.75) is 35.6 Å². The maximum absolute atomic E-state index is 5.97. The number of nitrogens with two attached hydrogens (primary N) is 1.